The molecule has 5 aliphatic heterocycles. The lowest BCUT2D eigenvalue weighted by atomic mass is 9.94. The van der Waals surface area contributed by atoms with Crippen LogP contribution in [0.3, 0.4) is 0 Å². The molecule has 0 bridgehead atoms. The summed E-state index contributed by atoms with van der Waals surface area (Å²) in [5.41, 5.74) is 37.1. The lowest BCUT2D eigenvalue weighted by molar-refractivity contribution is 0.340. The molecule has 37 heteroatoms. The topological polar surface area (TPSA) is 432 Å². The van der Waals surface area contributed by atoms with Crippen molar-refractivity contribution in [3.63, 3.8) is 0 Å². The van der Waals surface area contributed by atoms with E-state index in [1.165, 1.54) is 12.8 Å². The first-order chi connectivity index (χ1) is 63.6. The van der Waals surface area contributed by atoms with E-state index in [4.69, 9.17) is 118 Å². The average Bonchev–Trinajstić information content (AvgIpc) is 1.56. The fraction of sp³-hybridized carbons (Fsp3) is 0.319. The zero-order valence-electron chi connectivity index (χ0n) is 72.4. The Labute approximate surface area is 770 Å². The van der Waals surface area contributed by atoms with Gasteiger partial charge in [0.2, 0.25) is 0 Å². The van der Waals surface area contributed by atoms with E-state index in [-0.39, 0.29) is 52.4 Å². The second-order valence-electron chi connectivity index (χ2n) is 35.7. The predicted octanol–water partition coefficient (Wildman–Crippen LogP) is 17.0. The molecule has 17 N–H and O–H groups in total. The van der Waals surface area contributed by atoms with Crippen LogP contribution >= 0.6 is 46.4 Å². The number of rotatable bonds is 16. The van der Waals surface area contributed by atoms with E-state index in [0.717, 1.165) is 231 Å². The zero-order valence-corrected chi connectivity index (χ0v) is 75.4. The van der Waals surface area contributed by atoms with Crippen LogP contribution in [0.4, 0.5) is 51.8 Å². The number of H-pyrrole nitrogens is 4. The highest BCUT2D eigenvalue weighted by molar-refractivity contribution is 6.35. The monoisotopic (exact) mass is 1830 g/mol. The molecule has 7 atom stereocenters. The Balaban J connectivity index is 0.000000102. The SMILES string of the molecule is CNc1cc(Cl)cc2c1[nH]c1nc(Oc3ccc(C)nc3)nc(N3CC4NCCC[C@@H]4C3)c12.CNc1cc(Cl)cc2c1[nH]c1nc(Oc3ccc(N)nc3)nc(N3CC[C@]4(C[C@@H]4N)C3)c12.CNc1cc(Cl)cc2c1[nH]c1nc(Oc3cccnc3)nc(N3CC4(CC4N)C3)c12.CNc1cc(Cl)cc2c1[nH]c1nc(Oc3cnc4ccccc4c3)nc(N3CCCC4(CC4N)C3)c12. The largest absolute Gasteiger partial charge is 0.423 e. The number of piperidine rings is 2. The molecule has 3 aliphatic carbocycles. The van der Waals surface area contributed by atoms with Crippen molar-refractivity contribution in [3.8, 4) is 47.0 Å². The molecule has 33 nitrogen and oxygen atoms in total. The fourth-order valence-electron chi connectivity index (χ4n) is 20.0. The average molecular weight is 1840 g/mol. The van der Waals surface area contributed by atoms with Crippen molar-refractivity contribution in [2.75, 3.05) is 134 Å². The Morgan fingerprint density at radius 2 is 0.863 bits per heavy atom. The van der Waals surface area contributed by atoms with Gasteiger partial charge in [0.1, 0.15) is 74.7 Å². The Kier molecular flexibility index (Phi) is 21.1. The smallest absolute Gasteiger partial charge is 0.326 e. The number of ether oxygens (including phenoxy) is 4. The third-order valence-electron chi connectivity index (χ3n) is 27.3. The Morgan fingerprint density at radius 3 is 1.31 bits per heavy atom. The molecule has 12 aromatic heterocycles. The summed E-state index contributed by atoms with van der Waals surface area (Å²) in [7, 11) is 7.50. The van der Waals surface area contributed by atoms with Crippen molar-refractivity contribution in [3.05, 3.63) is 172 Å². The molecule has 8 aliphatic rings. The number of aromatic nitrogens is 16. The second kappa shape index (κ2) is 33.1. The van der Waals surface area contributed by atoms with Crippen molar-refractivity contribution in [1.29, 1.82) is 0 Å². The number of nitrogen functional groups attached to an aromatic ring is 1. The summed E-state index contributed by atoms with van der Waals surface area (Å²) in [6, 6.07) is 38.6. The molecule has 0 amide bonds. The van der Waals surface area contributed by atoms with Crippen LogP contribution in [0.2, 0.25) is 20.1 Å². The number of fused-ring (bicyclic) bond motifs is 14. The van der Waals surface area contributed by atoms with E-state index in [1.807, 2.05) is 138 Å². The number of hydrogen-bond acceptors (Lipinski definition) is 29. The molecule has 668 valence electrons. The number of aromatic amines is 4. The molecule has 17 heterocycles. The number of halogens is 4. The Bertz CT molecular complexity index is 7330. The normalized spacial score (nSPS) is 20.9. The van der Waals surface area contributed by atoms with Gasteiger partial charge in [0.25, 0.3) is 0 Å². The highest BCUT2D eigenvalue weighted by Crippen LogP contribution is 2.57. The van der Waals surface area contributed by atoms with E-state index in [0.29, 0.717) is 83.8 Å². The number of nitrogens with two attached hydrogens (primary N) is 4. The number of aryl methyl sites for hydroxylation is 1. The van der Waals surface area contributed by atoms with Crippen LogP contribution in [0.1, 0.15) is 57.1 Å². The maximum absolute atomic E-state index is 6.50. The number of anilines is 9. The van der Waals surface area contributed by atoms with Crippen LogP contribution in [0.5, 0.6) is 47.0 Å². The quantitative estimate of drug-likeness (QED) is 0.0427. The van der Waals surface area contributed by atoms with E-state index < -0.39 is 0 Å². The van der Waals surface area contributed by atoms with Crippen molar-refractivity contribution >= 4 is 197 Å². The van der Waals surface area contributed by atoms with Gasteiger partial charge in [-0.25, -0.2) is 4.98 Å². The first kappa shape index (κ1) is 83.5. The number of para-hydroxylation sites is 1. The summed E-state index contributed by atoms with van der Waals surface area (Å²) in [5.74, 6) is 6.72. The summed E-state index contributed by atoms with van der Waals surface area (Å²) in [6.45, 7) is 10.2. The van der Waals surface area contributed by atoms with Gasteiger partial charge >= 0.3 is 24.0 Å². The molecular formula is C94H95Cl4N29O4. The highest BCUT2D eigenvalue weighted by atomic mass is 35.5. The molecule has 3 spiro atoms. The third-order valence-corrected chi connectivity index (χ3v) is 28.1. The van der Waals surface area contributed by atoms with Gasteiger partial charge < -0.3 is 108 Å². The number of nitrogens with zero attached hydrogens (tertiary/aromatic N) is 16. The number of hydrogen-bond donors (Lipinski definition) is 13. The molecule has 25 rings (SSSR count). The fourth-order valence-corrected chi connectivity index (χ4v) is 20.9. The summed E-state index contributed by atoms with van der Waals surface area (Å²) < 4.78 is 24.1. The zero-order chi connectivity index (χ0) is 89.5. The van der Waals surface area contributed by atoms with Crippen molar-refractivity contribution in [2.24, 2.45) is 39.4 Å². The van der Waals surface area contributed by atoms with Gasteiger partial charge in [0.05, 0.1) is 96.7 Å². The summed E-state index contributed by atoms with van der Waals surface area (Å²) in [4.78, 5) is 78.4. The van der Waals surface area contributed by atoms with Crippen LogP contribution in [0.25, 0.3) is 98.6 Å². The lowest BCUT2D eigenvalue weighted by Crippen LogP contribution is -2.51. The molecule has 5 saturated heterocycles. The van der Waals surface area contributed by atoms with Crippen molar-refractivity contribution in [1.82, 2.24) is 85.1 Å². The van der Waals surface area contributed by atoms with Gasteiger partial charge in [-0.2, -0.15) is 39.9 Å². The van der Waals surface area contributed by atoms with Crippen LogP contribution in [0, 0.1) is 29.1 Å². The second-order valence-corrected chi connectivity index (χ2v) is 37.4. The molecule has 17 aromatic rings. The molecule has 8 fully saturated rings. The van der Waals surface area contributed by atoms with E-state index in [1.54, 1.807) is 43.1 Å². The van der Waals surface area contributed by atoms with E-state index in [9.17, 15) is 0 Å². The predicted molar refractivity (Wildman–Crippen MR) is 520 cm³/mol. The highest BCUT2D eigenvalue weighted by Gasteiger charge is 2.61. The summed E-state index contributed by atoms with van der Waals surface area (Å²) >= 11 is 25.8. The van der Waals surface area contributed by atoms with Crippen molar-refractivity contribution < 1.29 is 18.9 Å². The number of benzene rings is 5. The van der Waals surface area contributed by atoms with Crippen LogP contribution in [-0.4, -0.2) is 191 Å². The molecular weight excluding hydrogens is 1740 g/mol. The number of nitrogens with one attached hydrogen (secondary N) is 9. The van der Waals surface area contributed by atoms with E-state index >= 15 is 0 Å². The van der Waals surface area contributed by atoms with Gasteiger partial charge in [-0.3, -0.25) is 15.0 Å². The van der Waals surface area contributed by atoms with Gasteiger partial charge in [-0.15, -0.1) is 0 Å². The van der Waals surface area contributed by atoms with Gasteiger partial charge in [0.15, 0.2) is 0 Å². The summed E-state index contributed by atoms with van der Waals surface area (Å²) in [6.07, 6.45) is 17.2. The number of pyridine rings is 4. The first-order valence-corrected chi connectivity index (χ1v) is 45.6. The molecule has 0 radical (unpaired) electrons. The maximum Gasteiger partial charge on any atom is 0.326 e. The molecule has 131 heavy (non-hydrogen) atoms. The van der Waals surface area contributed by atoms with Crippen LogP contribution in [0.15, 0.2) is 146 Å². The Hall–Kier alpha value is -13.1. The molecule has 5 aromatic carbocycles. The lowest BCUT2D eigenvalue weighted by Gasteiger charge is -2.41. The van der Waals surface area contributed by atoms with Gasteiger partial charge in [-0.1, -0.05) is 64.6 Å². The first-order valence-electron chi connectivity index (χ1n) is 44.1. The third kappa shape index (κ3) is 15.7. The van der Waals surface area contributed by atoms with Gasteiger partial charge in [0, 0.05) is 180 Å². The minimum Gasteiger partial charge on any atom is -0.423 e. The van der Waals surface area contributed by atoms with Gasteiger partial charge in [-0.05, 0) is 168 Å². The standard InChI is InChI=1S/C27H26ClN7O.C24H26ClN7O.C22H23ClN8O.C21H20ClN7O/c1-30-20-11-16(28)10-18-22-24(32-23(18)20)33-26(36-17-9-15-5-2-3-6-19(15)31-13-17)34-25(22)35-8-4-7-27(14-35)12-21(27)29;1-13-5-6-16(10-28-13)33-24-30-22-20(17-8-15(25)9-18(26-2)21(17)29-22)23(31-24)32-11-14-4-3-7-27-19(14)12-32;1-26-14-7-11(23)6-13-17-19(28-18(13)14)29-21(32-12-2-3-16(25)27-9-12)30-20(17)31-5-4-22(10-31)8-15(22)24;1-24-14-6-11(22)5-13-16-18(26-17(13)14)27-20(30-12-3-2-4-25-8-12)28-19(16)29-9-21(10-29)7-15(21)23/h2-3,5-6,9-11,13,21,30H,4,7-8,12,14,29H2,1H3,(H,32,33,34);5-6,8-10,14,19,26-27H,3-4,7,11-12H2,1-2H3,(H,29,30,31);2-3,6-7,9,15,26H,4-5,8,10,24H2,1H3,(H2,25,27)(H,28,29,30);2-6,8,15,24H,7,9-10,23H2,1H3,(H,26,27,28)/t;14-,19?;15-,22-;/m.10./s1. The minimum atomic E-state index is 0.179. The van der Waals surface area contributed by atoms with Crippen LogP contribution < -0.4 is 88.1 Å². The van der Waals surface area contributed by atoms with E-state index in [2.05, 4.69) is 96.0 Å². The summed E-state index contributed by atoms with van der Waals surface area (Å²) in [5, 5.41) is 27.9. The van der Waals surface area contributed by atoms with Crippen molar-refractivity contribution in [2.45, 2.75) is 82.5 Å². The minimum absolute atomic E-state index is 0.179. The maximum atomic E-state index is 6.50. The van der Waals surface area contributed by atoms with Crippen LogP contribution in [-0.2, 0) is 0 Å². The molecule has 4 unspecified atom stereocenters. The molecule has 3 saturated carbocycles. The Morgan fingerprint density at radius 1 is 0.427 bits per heavy atom.